The van der Waals surface area contributed by atoms with E-state index in [1.807, 2.05) is 6.07 Å². The number of piperidine rings is 1. The van der Waals surface area contributed by atoms with Gasteiger partial charge in [-0.3, -0.25) is 9.69 Å². The van der Waals surface area contributed by atoms with Crippen LogP contribution in [0, 0.1) is 17.8 Å². The van der Waals surface area contributed by atoms with Crippen LogP contribution in [0.25, 0.3) is 0 Å². The molecule has 1 heterocycles. The fourth-order valence-corrected chi connectivity index (χ4v) is 7.21. The summed E-state index contributed by atoms with van der Waals surface area (Å²) >= 11 is 0. The Hall–Kier alpha value is -2.08. The standard InChI is InChI=1S/C26H38N4O2/c1-18(27-25(32)29-26-14-20-11-21(15-26)13-22(12-20)16-26)24(31)28-23-7-9-30(10-8-23)17-19-5-3-2-4-6-19/h2-6,18,20-23H,7-17H2,1H3,(H,28,31)(H2,27,29,32). The average Bonchev–Trinajstić information content (AvgIpc) is 2.74. The summed E-state index contributed by atoms with van der Waals surface area (Å²) in [5, 5.41) is 9.38. The van der Waals surface area contributed by atoms with Crippen molar-refractivity contribution in [3.8, 4) is 0 Å². The van der Waals surface area contributed by atoms with Crippen molar-refractivity contribution in [2.75, 3.05) is 13.1 Å². The van der Waals surface area contributed by atoms with E-state index in [-0.39, 0.29) is 23.5 Å². The van der Waals surface area contributed by atoms with Gasteiger partial charge in [-0.2, -0.15) is 0 Å². The van der Waals surface area contributed by atoms with Crippen LogP contribution in [-0.2, 0) is 11.3 Å². The van der Waals surface area contributed by atoms with Crippen molar-refractivity contribution in [1.29, 1.82) is 0 Å². The number of rotatable bonds is 6. The smallest absolute Gasteiger partial charge is 0.315 e. The van der Waals surface area contributed by atoms with Crippen LogP contribution < -0.4 is 16.0 Å². The molecule has 5 aliphatic rings. The minimum atomic E-state index is -0.522. The number of hydrogen-bond donors (Lipinski definition) is 3. The third kappa shape index (κ3) is 4.95. The molecular formula is C26H38N4O2. The van der Waals surface area contributed by atoms with Gasteiger partial charge in [0, 0.05) is 31.2 Å². The molecule has 1 aliphatic heterocycles. The summed E-state index contributed by atoms with van der Waals surface area (Å²) in [4.78, 5) is 27.9. The van der Waals surface area contributed by atoms with Crippen LogP contribution >= 0.6 is 0 Å². The van der Waals surface area contributed by atoms with Gasteiger partial charge in [0.1, 0.15) is 6.04 Å². The lowest BCUT2D eigenvalue weighted by atomic mass is 9.53. The number of nitrogens with one attached hydrogen (secondary N) is 3. The van der Waals surface area contributed by atoms with Crippen molar-refractivity contribution in [1.82, 2.24) is 20.9 Å². The van der Waals surface area contributed by atoms with Crippen molar-refractivity contribution < 1.29 is 9.59 Å². The summed E-state index contributed by atoms with van der Waals surface area (Å²) in [5.41, 5.74) is 1.30. The summed E-state index contributed by atoms with van der Waals surface area (Å²) in [7, 11) is 0. The second kappa shape index (κ2) is 9.05. The summed E-state index contributed by atoms with van der Waals surface area (Å²) < 4.78 is 0. The van der Waals surface area contributed by atoms with Crippen LogP contribution in [-0.4, -0.2) is 47.6 Å². The molecule has 4 aliphatic carbocycles. The van der Waals surface area contributed by atoms with E-state index in [4.69, 9.17) is 0 Å². The second-order valence-corrected chi connectivity index (χ2v) is 11.1. The SMILES string of the molecule is CC(NC(=O)NC12CC3CC(CC(C3)C1)C2)C(=O)NC1CCN(Cc2ccccc2)CC1. The van der Waals surface area contributed by atoms with Gasteiger partial charge in [0.25, 0.3) is 0 Å². The van der Waals surface area contributed by atoms with Gasteiger partial charge in [0.15, 0.2) is 0 Å². The molecule has 1 unspecified atom stereocenters. The van der Waals surface area contributed by atoms with Gasteiger partial charge in [0.2, 0.25) is 5.91 Å². The quantitative estimate of drug-likeness (QED) is 0.637. The molecule has 174 valence electrons. The molecule has 1 aromatic rings. The first-order chi connectivity index (χ1) is 15.5. The van der Waals surface area contributed by atoms with Gasteiger partial charge >= 0.3 is 6.03 Å². The zero-order valence-electron chi connectivity index (χ0n) is 19.3. The van der Waals surface area contributed by atoms with Gasteiger partial charge < -0.3 is 16.0 Å². The number of hydrogen-bond acceptors (Lipinski definition) is 3. The highest BCUT2D eigenvalue weighted by Crippen LogP contribution is 2.55. The van der Waals surface area contributed by atoms with E-state index in [0.717, 1.165) is 69.5 Å². The Balaban J connectivity index is 1.05. The molecule has 0 radical (unpaired) electrons. The highest BCUT2D eigenvalue weighted by atomic mass is 16.2. The fourth-order valence-electron chi connectivity index (χ4n) is 7.21. The Labute approximate surface area is 191 Å². The van der Waals surface area contributed by atoms with E-state index in [1.54, 1.807) is 6.92 Å². The molecular weight excluding hydrogens is 400 g/mol. The third-order valence-corrected chi connectivity index (χ3v) is 8.34. The lowest BCUT2D eigenvalue weighted by Gasteiger charge is -2.56. The first kappa shape index (κ1) is 21.7. The van der Waals surface area contributed by atoms with Gasteiger partial charge in [-0.1, -0.05) is 30.3 Å². The lowest BCUT2D eigenvalue weighted by molar-refractivity contribution is -0.123. The molecule has 0 spiro atoms. The van der Waals surface area contributed by atoms with Crippen molar-refractivity contribution >= 4 is 11.9 Å². The molecule has 6 heteroatoms. The maximum Gasteiger partial charge on any atom is 0.315 e. The average molecular weight is 439 g/mol. The van der Waals surface area contributed by atoms with E-state index < -0.39 is 6.04 Å². The number of carbonyl (C=O) groups excluding carboxylic acids is 2. The Morgan fingerprint density at radius 3 is 2.19 bits per heavy atom. The molecule has 1 atom stereocenters. The van der Waals surface area contributed by atoms with Crippen molar-refractivity contribution in [3.05, 3.63) is 35.9 Å². The Morgan fingerprint density at radius 1 is 1.00 bits per heavy atom. The first-order valence-electron chi connectivity index (χ1n) is 12.6. The fraction of sp³-hybridized carbons (Fsp3) is 0.692. The number of nitrogens with zero attached hydrogens (tertiary/aromatic N) is 1. The van der Waals surface area contributed by atoms with Crippen LogP contribution in [0.2, 0.25) is 0 Å². The van der Waals surface area contributed by atoms with E-state index >= 15 is 0 Å². The number of likely N-dealkylation sites (tertiary alicyclic amines) is 1. The number of urea groups is 1. The minimum absolute atomic E-state index is 0.0272. The topological polar surface area (TPSA) is 73.5 Å². The van der Waals surface area contributed by atoms with E-state index in [0.29, 0.717) is 0 Å². The van der Waals surface area contributed by atoms with Gasteiger partial charge in [-0.05, 0) is 81.6 Å². The molecule has 3 N–H and O–H groups in total. The molecule has 6 nitrogen and oxygen atoms in total. The van der Waals surface area contributed by atoms with E-state index in [1.165, 1.54) is 24.8 Å². The molecule has 4 bridgehead atoms. The maximum atomic E-state index is 12.7. The maximum absolute atomic E-state index is 12.7. The molecule has 32 heavy (non-hydrogen) atoms. The number of amides is 3. The van der Waals surface area contributed by atoms with Gasteiger partial charge in [-0.25, -0.2) is 4.79 Å². The van der Waals surface area contributed by atoms with Crippen LogP contribution in [0.3, 0.4) is 0 Å². The third-order valence-electron chi connectivity index (χ3n) is 8.34. The summed E-state index contributed by atoms with van der Waals surface area (Å²) in [6, 6.07) is 10.0. The predicted molar refractivity (Wildman–Crippen MR) is 125 cm³/mol. The largest absolute Gasteiger partial charge is 0.351 e. The van der Waals surface area contributed by atoms with Crippen molar-refractivity contribution in [2.45, 2.75) is 82.5 Å². The highest BCUT2D eigenvalue weighted by molar-refractivity contribution is 5.87. The van der Waals surface area contributed by atoms with Crippen molar-refractivity contribution in [2.24, 2.45) is 17.8 Å². The molecule has 3 amide bonds. The molecule has 5 fully saturated rings. The van der Waals surface area contributed by atoms with Crippen molar-refractivity contribution in [3.63, 3.8) is 0 Å². The normalized spacial score (nSPS) is 33.0. The highest BCUT2D eigenvalue weighted by Gasteiger charge is 2.51. The second-order valence-electron chi connectivity index (χ2n) is 11.1. The molecule has 6 rings (SSSR count). The van der Waals surface area contributed by atoms with Gasteiger partial charge in [0.05, 0.1) is 0 Å². The van der Waals surface area contributed by atoms with Crippen LogP contribution in [0.15, 0.2) is 30.3 Å². The summed E-state index contributed by atoms with van der Waals surface area (Å²) in [6.45, 7) is 4.71. The van der Waals surface area contributed by atoms with E-state index in [9.17, 15) is 9.59 Å². The monoisotopic (exact) mass is 438 g/mol. The Morgan fingerprint density at radius 2 is 1.59 bits per heavy atom. The predicted octanol–water partition coefficient (Wildman–Crippen LogP) is 3.42. The summed E-state index contributed by atoms with van der Waals surface area (Å²) in [6.07, 6.45) is 9.32. The van der Waals surface area contributed by atoms with E-state index in [2.05, 4.69) is 45.1 Å². The summed E-state index contributed by atoms with van der Waals surface area (Å²) in [5.74, 6) is 2.28. The molecule has 1 aromatic carbocycles. The minimum Gasteiger partial charge on any atom is -0.351 e. The number of carbonyl (C=O) groups is 2. The Kier molecular flexibility index (Phi) is 6.15. The lowest BCUT2D eigenvalue weighted by Crippen LogP contribution is -2.62. The number of benzene rings is 1. The van der Waals surface area contributed by atoms with Crippen LogP contribution in [0.4, 0.5) is 4.79 Å². The zero-order chi connectivity index (χ0) is 22.1. The molecule has 1 saturated heterocycles. The molecule has 0 aromatic heterocycles. The zero-order valence-corrected chi connectivity index (χ0v) is 19.3. The van der Waals surface area contributed by atoms with Gasteiger partial charge in [-0.15, -0.1) is 0 Å². The van der Waals surface area contributed by atoms with Crippen LogP contribution in [0.1, 0.15) is 63.9 Å². The first-order valence-corrected chi connectivity index (χ1v) is 12.6. The van der Waals surface area contributed by atoms with Crippen LogP contribution in [0.5, 0.6) is 0 Å². The molecule has 4 saturated carbocycles. The Bertz CT molecular complexity index is 783.